The van der Waals surface area contributed by atoms with E-state index in [1.165, 1.54) is 13.8 Å². The van der Waals surface area contributed by atoms with Crippen LogP contribution in [0.2, 0.25) is 0 Å². The van der Waals surface area contributed by atoms with E-state index in [0.717, 1.165) is 12.8 Å². The van der Waals surface area contributed by atoms with Crippen molar-refractivity contribution in [3.63, 3.8) is 0 Å². The number of hydrogen-bond acceptors (Lipinski definition) is 8. The molecule has 0 heterocycles. The molecule has 0 aromatic carbocycles. The van der Waals surface area contributed by atoms with Gasteiger partial charge in [0.15, 0.2) is 0 Å². The number of alkyl carbamates (subject to hydrolysis) is 2. The maximum atomic E-state index is 13.4. The lowest BCUT2D eigenvalue weighted by molar-refractivity contribution is -0.191. The number of ketones is 1. The van der Waals surface area contributed by atoms with Crippen LogP contribution in [-0.2, 0) is 19.0 Å². The number of carbonyl (C=O) groups is 4. The molecule has 10 atom stereocenters. The van der Waals surface area contributed by atoms with Crippen molar-refractivity contribution in [2.24, 2.45) is 39.7 Å². The predicted molar refractivity (Wildman–Crippen MR) is 134 cm³/mol. The van der Waals surface area contributed by atoms with Crippen LogP contribution in [0, 0.1) is 34.0 Å². The summed E-state index contributed by atoms with van der Waals surface area (Å²) in [4.78, 5) is 49.7. The highest BCUT2D eigenvalue weighted by molar-refractivity contribution is 5.88. The van der Waals surface area contributed by atoms with E-state index < -0.39 is 58.9 Å². The van der Waals surface area contributed by atoms with Crippen molar-refractivity contribution >= 4 is 24.1 Å². The third-order valence-corrected chi connectivity index (χ3v) is 10.0. The standard InChI is InChI=1S/C27H42N2O8/c1-8-25(6)13-19(37-24(34)29-23(33)36-17(5)16(4)35-22(28)32)26(7)14(2)9-11-27(15(3)21(25)31)12-10-18(30)20(26)27/h8,14-17,19-21,31H,1,9-13H2,2-7H3,(H2,28,32)(H,29,33,34)/t14?,15-,16+,17-,19+,20-,21-,25+,26+,27-/m0/s1. The quantitative estimate of drug-likeness (QED) is 0.360. The van der Waals surface area contributed by atoms with E-state index in [9.17, 15) is 24.3 Å². The number of nitrogens with one attached hydrogen (secondary N) is 1. The third-order valence-electron chi connectivity index (χ3n) is 10.0. The van der Waals surface area contributed by atoms with Crippen LogP contribution in [0.3, 0.4) is 0 Å². The number of primary amides is 1. The first kappa shape index (κ1) is 28.9. The Morgan fingerprint density at radius 2 is 1.76 bits per heavy atom. The topological polar surface area (TPSA) is 154 Å². The number of ether oxygens (including phenoxy) is 3. The van der Waals surface area contributed by atoms with E-state index in [1.54, 1.807) is 6.08 Å². The Morgan fingerprint density at radius 1 is 1.14 bits per heavy atom. The molecule has 0 aromatic heterocycles. The van der Waals surface area contributed by atoms with Gasteiger partial charge in [0.25, 0.3) is 0 Å². The molecule has 2 bridgehead atoms. The number of Topliss-reactive ketones (excluding diaryl/α,β-unsaturated/α-hetero) is 1. The first-order valence-corrected chi connectivity index (χ1v) is 13.1. The zero-order chi connectivity index (χ0) is 27.9. The summed E-state index contributed by atoms with van der Waals surface area (Å²) in [6, 6.07) is 0. The molecule has 4 N–H and O–H groups in total. The molecule has 10 heteroatoms. The van der Waals surface area contributed by atoms with E-state index >= 15 is 0 Å². The van der Waals surface area contributed by atoms with Gasteiger partial charge in [-0.2, -0.15) is 0 Å². The minimum absolute atomic E-state index is 0.0563. The summed E-state index contributed by atoms with van der Waals surface area (Å²) in [5, 5.41) is 13.6. The van der Waals surface area contributed by atoms with Gasteiger partial charge in [-0.15, -0.1) is 6.58 Å². The molecule has 3 aliphatic rings. The summed E-state index contributed by atoms with van der Waals surface area (Å²) < 4.78 is 15.9. The van der Waals surface area contributed by atoms with Gasteiger partial charge in [-0.05, 0) is 56.8 Å². The molecule has 10 nitrogen and oxygen atoms in total. The monoisotopic (exact) mass is 522 g/mol. The molecule has 0 saturated heterocycles. The SMILES string of the molecule is C=C[C@]1(C)C[C@@H](OC(=O)NC(=O)O[C@@H](C)[C@@H](C)OC(N)=O)[C@@]2(C)C(C)CC[C@]3(CCC(=O)[C@H]32)[C@@H](C)[C@@H]1O. The zero-order valence-corrected chi connectivity index (χ0v) is 22.7. The van der Waals surface area contributed by atoms with Crippen molar-refractivity contribution in [2.75, 3.05) is 0 Å². The molecule has 1 unspecified atom stereocenters. The highest BCUT2D eigenvalue weighted by Crippen LogP contribution is 2.67. The lowest BCUT2D eigenvalue weighted by Gasteiger charge is -2.61. The van der Waals surface area contributed by atoms with Gasteiger partial charge in [0.1, 0.15) is 24.1 Å². The number of aliphatic hydroxyl groups is 1. The van der Waals surface area contributed by atoms with Crippen molar-refractivity contribution in [1.82, 2.24) is 5.32 Å². The fourth-order valence-corrected chi connectivity index (χ4v) is 7.32. The highest BCUT2D eigenvalue weighted by Gasteiger charge is 2.68. The smallest absolute Gasteiger partial charge is 0.417 e. The Balaban J connectivity index is 1.89. The Hall–Kier alpha value is -2.62. The van der Waals surface area contributed by atoms with E-state index in [2.05, 4.69) is 18.8 Å². The Kier molecular flexibility index (Phi) is 8.03. The molecule has 37 heavy (non-hydrogen) atoms. The molecular formula is C27H42N2O8. The van der Waals surface area contributed by atoms with Gasteiger partial charge in [-0.1, -0.05) is 33.8 Å². The normalized spacial score (nSPS) is 40.7. The maximum absolute atomic E-state index is 13.4. The lowest BCUT2D eigenvalue weighted by atomic mass is 9.44. The maximum Gasteiger partial charge on any atom is 0.417 e. The van der Waals surface area contributed by atoms with Gasteiger partial charge in [-0.3, -0.25) is 4.79 Å². The molecular weight excluding hydrogens is 480 g/mol. The van der Waals surface area contributed by atoms with Gasteiger partial charge in [0, 0.05) is 23.2 Å². The zero-order valence-electron chi connectivity index (χ0n) is 22.7. The second-order valence-electron chi connectivity index (χ2n) is 11.9. The third kappa shape index (κ3) is 4.96. The summed E-state index contributed by atoms with van der Waals surface area (Å²) in [6.45, 7) is 15.0. The molecule has 3 amide bonds. The molecule has 0 spiro atoms. The Bertz CT molecular complexity index is 955. The summed E-state index contributed by atoms with van der Waals surface area (Å²) >= 11 is 0. The summed E-state index contributed by atoms with van der Waals surface area (Å²) in [5.74, 6) is -0.323. The number of hydrogen-bond donors (Lipinski definition) is 3. The fourth-order valence-electron chi connectivity index (χ4n) is 7.32. The van der Waals surface area contributed by atoms with Crippen molar-refractivity contribution < 1.29 is 38.5 Å². The number of nitrogens with two attached hydrogens (primary N) is 1. The second kappa shape index (κ2) is 10.3. The first-order chi connectivity index (χ1) is 17.1. The summed E-state index contributed by atoms with van der Waals surface area (Å²) in [7, 11) is 0. The van der Waals surface area contributed by atoms with E-state index in [0.29, 0.717) is 12.8 Å². The van der Waals surface area contributed by atoms with Crippen LogP contribution in [0.4, 0.5) is 14.4 Å². The van der Waals surface area contributed by atoms with Crippen LogP contribution in [0.5, 0.6) is 0 Å². The minimum Gasteiger partial charge on any atom is -0.445 e. The average Bonchev–Trinajstić information content (AvgIpc) is 3.17. The van der Waals surface area contributed by atoms with Crippen molar-refractivity contribution in [1.29, 1.82) is 0 Å². The molecule has 3 fully saturated rings. The van der Waals surface area contributed by atoms with Crippen LogP contribution in [-0.4, -0.2) is 53.6 Å². The first-order valence-electron chi connectivity index (χ1n) is 13.1. The van der Waals surface area contributed by atoms with E-state index in [-0.39, 0.29) is 30.0 Å². The minimum atomic E-state index is -1.07. The van der Waals surface area contributed by atoms with Gasteiger partial charge in [0.05, 0.1) is 6.10 Å². The summed E-state index contributed by atoms with van der Waals surface area (Å²) in [6.07, 6.45) is -1.65. The van der Waals surface area contributed by atoms with Gasteiger partial charge in [-0.25, -0.2) is 19.7 Å². The molecule has 3 aliphatic carbocycles. The second-order valence-corrected chi connectivity index (χ2v) is 11.9. The number of rotatable bonds is 5. The van der Waals surface area contributed by atoms with E-state index in [1.807, 2.05) is 20.8 Å². The van der Waals surface area contributed by atoms with E-state index in [4.69, 9.17) is 19.9 Å². The number of carbonyl (C=O) groups excluding carboxylic acids is 4. The number of amides is 3. The Morgan fingerprint density at radius 3 is 2.35 bits per heavy atom. The highest BCUT2D eigenvalue weighted by atomic mass is 16.6. The van der Waals surface area contributed by atoms with Crippen molar-refractivity contribution in [2.45, 2.75) is 98.1 Å². The average molecular weight is 523 g/mol. The van der Waals surface area contributed by atoms with Gasteiger partial charge in [0.2, 0.25) is 0 Å². The van der Waals surface area contributed by atoms with Crippen LogP contribution in [0.15, 0.2) is 12.7 Å². The van der Waals surface area contributed by atoms with Crippen molar-refractivity contribution in [3.05, 3.63) is 12.7 Å². The Labute approximate surface area is 218 Å². The number of aliphatic hydroxyl groups excluding tert-OH is 1. The van der Waals surface area contributed by atoms with Gasteiger partial charge >= 0.3 is 18.3 Å². The van der Waals surface area contributed by atoms with Crippen LogP contribution >= 0.6 is 0 Å². The fraction of sp³-hybridized carbons (Fsp3) is 0.778. The van der Waals surface area contributed by atoms with Gasteiger partial charge < -0.3 is 25.1 Å². The molecule has 0 aliphatic heterocycles. The molecule has 3 rings (SSSR count). The van der Waals surface area contributed by atoms with Crippen LogP contribution < -0.4 is 11.1 Å². The van der Waals surface area contributed by atoms with Crippen LogP contribution in [0.1, 0.15) is 73.6 Å². The molecule has 3 saturated carbocycles. The predicted octanol–water partition coefficient (Wildman–Crippen LogP) is 4.08. The van der Waals surface area contributed by atoms with Crippen molar-refractivity contribution in [3.8, 4) is 0 Å². The van der Waals surface area contributed by atoms with Crippen LogP contribution in [0.25, 0.3) is 0 Å². The lowest BCUT2D eigenvalue weighted by Crippen LogP contribution is -2.63. The number of imide groups is 1. The largest absolute Gasteiger partial charge is 0.445 e. The molecule has 0 aromatic rings. The summed E-state index contributed by atoms with van der Waals surface area (Å²) in [5.41, 5.74) is 3.10. The molecule has 208 valence electrons. The molecule has 0 radical (unpaired) electrons.